The van der Waals surface area contributed by atoms with Gasteiger partial charge < -0.3 is 9.67 Å². The Labute approximate surface area is 106 Å². The number of carbonyl (C=O) groups is 1. The third-order valence-electron chi connectivity index (χ3n) is 3.12. The SMILES string of the molecule is Cc1cccc(-n2ccnc2CCC(=O)O)c1C. The van der Waals surface area contributed by atoms with Crippen LogP contribution in [0.25, 0.3) is 5.69 Å². The highest BCUT2D eigenvalue weighted by Gasteiger charge is 2.09. The zero-order valence-electron chi connectivity index (χ0n) is 10.6. The number of imidazole rings is 1. The molecule has 1 aromatic heterocycles. The summed E-state index contributed by atoms with van der Waals surface area (Å²) in [7, 11) is 0. The Bertz CT molecular complexity index is 573. The summed E-state index contributed by atoms with van der Waals surface area (Å²) in [5, 5.41) is 8.74. The molecule has 0 aliphatic rings. The van der Waals surface area contributed by atoms with Crippen LogP contribution in [0.4, 0.5) is 0 Å². The first-order valence-electron chi connectivity index (χ1n) is 5.90. The molecule has 0 bridgehead atoms. The number of benzene rings is 1. The summed E-state index contributed by atoms with van der Waals surface area (Å²) in [6.45, 7) is 4.12. The quantitative estimate of drug-likeness (QED) is 0.899. The van der Waals surface area contributed by atoms with E-state index >= 15 is 0 Å². The van der Waals surface area contributed by atoms with Gasteiger partial charge in [-0.15, -0.1) is 0 Å². The Kier molecular flexibility index (Phi) is 3.46. The smallest absolute Gasteiger partial charge is 0.303 e. The minimum atomic E-state index is -0.800. The van der Waals surface area contributed by atoms with Crippen molar-refractivity contribution in [2.24, 2.45) is 0 Å². The number of aliphatic carboxylic acids is 1. The van der Waals surface area contributed by atoms with E-state index in [4.69, 9.17) is 5.11 Å². The fourth-order valence-electron chi connectivity index (χ4n) is 1.95. The maximum atomic E-state index is 10.6. The molecule has 0 fully saturated rings. The molecule has 18 heavy (non-hydrogen) atoms. The van der Waals surface area contributed by atoms with Crippen molar-refractivity contribution in [1.82, 2.24) is 9.55 Å². The summed E-state index contributed by atoms with van der Waals surface area (Å²) in [4.78, 5) is 14.9. The Morgan fingerprint density at radius 1 is 1.39 bits per heavy atom. The molecule has 0 amide bonds. The lowest BCUT2D eigenvalue weighted by molar-refractivity contribution is -0.137. The molecule has 0 atom stereocenters. The van der Waals surface area contributed by atoms with Crippen molar-refractivity contribution in [1.29, 1.82) is 0 Å². The van der Waals surface area contributed by atoms with Crippen LogP contribution in [0.15, 0.2) is 30.6 Å². The lowest BCUT2D eigenvalue weighted by Gasteiger charge is -2.12. The minimum Gasteiger partial charge on any atom is -0.481 e. The first-order chi connectivity index (χ1) is 8.59. The zero-order chi connectivity index (χ0) is 13.1. The molecule has 1 aromatic carbocycles. The molecule has 1 heterocycles. The van der Waals surface area contributed by atoms with Crippen molar-refractivity contribution in [2.75, 3.05) is 0 Å². The maximum Gasteiger partial charge on any atom is 0.303 e. The van der Waals surface area contributed by atoms with Crippen LogP contribution in [0.2, 0.25) is 0 Å². The molecule has 94 valence electrons. The van der Waals surface area contributed by atoms with Gasteiger partial charge in [0.1, 0.15) is 5.82 Å². The third kappa shape index (κ3) is 2.42. The van der Waals surface area contributed by atoms with Crippen LogP contribution in [0.5, 0.6) is 0 Å². The molecule has 2 aromatic rings. The topological polar surface area (TPSA) is 55.1 Å². The molecular weight excluding hydrogens is 228 g/mol. The second-order valence-electron chi connectivity index (χ2n) is 4.33. The van der Waals surface area contributed by atoms with Gasteiger partial charge in [0.25, 0.3) is 0 Å². The van der Waals surface area contributed by atoms with Crippen LogP contribution in [-0.4, -0.2) is 20.6 Å². The molecule has 0 radical (unpaired) electrons. The average molecular weight is 244 g/mol. The van der Waals surface area contributed by atoms with E-state index < -0.39 is 5.97 Å². The Morgan fingerprint density at radius 2 is 2.17 bits per heavy atom. The lowest BCUT2D eigenvalue weighted by Crippen LogP contribution is -2.06. The molecule has 0 saturated carbocycles. The summed E-state index contributed by atoms with van der Waals surface area (Å²) < 4.78 is 1.96. The number of aromatic nitrogens is 2. The van der Waals surface area contributed by atoms with Gasteiger partial charge in [-0.2, -0.15) is 0 Å². The van der Waals surface area contributed by atoms with Crippen LogP contribution in [-0.2, 0) is 11.2 Å². The number of hydrogen-bond acceptors (Lipinski definition) is 2. The van der Waals surface area contributed by atoms with E-state index in [1.165, 1.54) is 11.1 Å². The summed E-state index contributed by atoms with van der Waals surface area (Å²) in [6.07, 6.45) is 4.12. The molecule has 0 aliphatic carbocycles. The average Bonchev–Trinajstić information content (AvgIpc) is 2.78. The number of carboxylic acids is 1. The van der Waals surface area contributed by atoms with Gasteiger partial charge in [0.2, 0.25) is 0 Å². The normalized spacial score (nSPS) is 10.6. The molecule has 0 saturated heterocycles. The number of hydrogen-bond donors (Lipinski definition) is 1. The molecule has 0 unspecified atom stereocenters. The molecular formula is C14H16N2O2. The molecule has 1 N–H and O–H groups in total. The molecule has 0 aliphatic heterocycles. The van der Waals surface area contributed by atoms with Gasteiger partial charge in [-0.3, -0.25) is 4.79 Å². The van der Waals surface area contributed by atoms with Gasteiger partial charge in [-0.05, 0) is 31.0 Å². The van der Waals surface area contributed by atoms with E-state index in [0.29, 0.717) is 6.42 Å². The summed E-state index contributed by atoms with van der Waals surface area (Å²) in [6, 6.07) is 6.08. The molecule has 0 spiro atoms. The summed E-state index contributed by atoms with van der Waals surface area (Å²) in [5.74, 6) is -0.0170. The van der Waals surface area contributed by atoms with Gasteiger partial charge in [-0.1, -0.05) is 12.1 Å². The van der Waals surface area contributed by atoms with Crippen LogP contribution < -0.4 is 0 Å². The highest BCUT2D eigenvalue weighted by Crippen LogP contribution is 2.19. The van der Waals surface area contributed by atoms with E-state index in [9.17, 15) is 4.79 Å². The van der Waals surface area contributed by atoms with E-state index in [2.05, 4.69) is 24.9 Å². The fraction of sp³-hybridized carbons (Fsp3) is 0.286. The predicted molar refractivity (Wildman–Crippen MR) is 69.0 cm³/mol. The van der Waals surface area contributed by atoms with E-state index in [1.807, 2.05) is 22.9 Å². The monoisotopic (exact) mass is 244 g/mol. The molecule has 4 nitrogen and oxygen atoms in total. The lowest BCUT2D eigenvalue weighted by atomic mass is 10.1. The van der Waals surface area contributed by atoms with E-state index in [1.54, 1.807) is 6.20 Å². The van der Waals surface area contributed by atoms with Gasteiger partial charge in [-0.25, -0.2) is 4.98 Å². The number of nitrogens with zero attached hydrogens (tertiary/aromatic N) is 2. The summed E-state index contributed by atoms with van der Waals surface area (Å²) in [5.41, 5.74) is 3.46. The summed E-state index contributed by atoms with van der Waals surface area (Å²) >= 11 is 0. The largest absolute Gasteiger partial charge is 0.481 e. The van der Waals surface area contributed by atoms with E-state index in [0.717, 1.165) is 11.5 Å². The van der Waals surface area contributed by atoms with Crippen molar-refractivity contribution in [3.05, 3.63) is 47.5 Å². The first kappa shape index (κ1) is 12.4. The fourth-order valence-corrected chi connectivity index (χ4v) is 1.95. The van der Waals surface area contributed by atoms with E-state index in [-0.39, 0.29) is 6.42 Å². The second kappa shape index (κ2) is 5.04. The van der Waals surface area contributed by atoms with Gasteiger partial charge >= 0.3 is 5.97 Å². The van der Waals surface area contributed by atoms with Crippen molar-refractivity contribution in [2.45, 2.75) is 26.7 Å². The third-order valence-corrected chi connectivity index (χ3v) is 3.12. The molecule has 4 heteroatoms. The van der Waals surface area contributed by atoms with Crippen molar-refractivity contribution in [3.63, 3.8) is 0 Å². The van der Waals surface area contributed by atoms with Crippen LogP contribution in [0.1, 0.15) is 23.4 Å². The highest BCUT2D eigenvalue weighted by atomic mass is 16.4. The highest BCUT2D eigenvalue weighted by molar-refractivity contribution is 5.66. The zero-order valence-corrected chi connectivity index (χ0v) is 10.6. The molecule has 2 rings (SSSR count). The minimum absolute atomic E-state index is 0.0991. The standard InChI is InChI=1S/C14H16N2O2/c1-10-4-3-5-12(11(10)2)16-9-8-15-13(16)6-7-14(17)18/h3-5,8-9H,6-7H2,1-2H3,(H,17,18). The van der Waals surface area contributed by atoms with Crippen molar-refractivity contribution in [3.8, 4) is 5.69 Å². The predicted octanol–water partition coefficient (Wildman–Crippen LogP) is 2.51. The second-order valence-corrected chi connectivity index (χ2v) is 4.33. The van der Waals surface area contributed by atoms with Crippen molar-refractivity contribution < 1.29 is 9.90 Å². The van der Waals surface area contributed by atoms with Gasteiger partial charge in [0.05, 0.1) is 6.42 Å². The number of rotatable bonds is 4. The Balaban J connectivity index is 2.36. The number of carboxylic acid groups (broad SMARTS) is 1. The van der Waals surface area contributed by atoms with Gasteiger partial charge in [0, 0.05) is 24.5 Å². The van der Waals surface area contributed by atoms with Crippen LogP contribution in [0, 0.1) is 13.8 Å². The number of aryl methyl sites for hydroxylation is 2. The van der Waals surface area contributed by atoms with Crippen LogP contribution >= 0.6 is 0 Å². The Hall–Kier alpha value is -2.10. The maximum absolute atomic E-state index is 10.6. The van der Waals surface area contributed by atoms with Crippen LogP contribution in [0.3, 0.4) is 0 Å². The Morgan fingerprint density at radius 3 is 2.89 bits per heavy atom. The van der Waals surface area contributed by atoms with Crippen molar-refractivity contribution >= 4 is 5.97 Å². The first-order valence-corrected chi connectivity index (χ1v) is 5.90. The van der Waals surface area contributed by atoms with Gasteiger partial charge in [0.15, 0.2) is 0 Å².